The van der Waals surface area contributed by atoms with E-state index < -0.39 is 17.6 Å². The zero-order chi connectivity index (χ0) is 25.0. The summed E-state index contributed by atoms with van der Waals surface area (Å²) in [6.07, 6.45) is -2.10. The van der Waals surface area contributed by atoms with Gasteiger partial charge in [-0.15, -0.1) is 0 Å². The first kappa shape index (κ1) is 25.5. The molecule has 0 bridgehead atoms. The number of thioether (sulfide) groups is 1. The quantitative estimate of drug-likeness (QED) is 0.430. The number of halogens is 3. The van der Waals surface area contributed by atoms with Crippen molar-refractivity contribution in [3.05, 3.63) is 45.5 Å². The van der Waals surface area contributed by atoms with E-state index >= 15 is 0 Å². The van der Waals surface area contributed by atoms with Gasteiger partial charge < -0.3 is 14.8 Å². The van der Waals surface area contributed by atoms with Gasteiger partial charge in [0, 0.05) is 37.4 Å². The van der Waals surface area contributed by atoms with Crippen LogP contribution in [0.15, 0.2) is 28.0 Å². The van der Waals surface area contributed by atoms with Crippen LogP contribution >= 0.6 is 11.8 Å². The zero-order valence-corrected chi connectivity index (χ0v) is 20.1. The Kier molecular flexibility index (Phi) is 8.02. The number of nitrogens with one attached hydrogen (secondary N) is 1. The highest BCUT2D eigenvalue weighted by Crippen LogP contribution is 2.35. The van der Waals surface area contributed by atoms with Crippen molar-refractivity contribution in [1.82, 2.24) is 14.5 Å². The lowest BCUT2D eigenvalue weighted by molar-refractivity contribution is -0.137. The van der Waals surface area contributed by atoms with E-state index in [4.69, 9.17) is 9.47 Å². The molecule has 1 saturated heterocycles. The molecular formula is C23H27F3N4O4S. The lowest BCUT2D eigenvalue weighted by Gasteiger charge is -2.27. The standard InChI is InChI=1S/C23H27F3N4O4S/c1-33-19-6-5-15(23(24,25)26)13-17(19)27-20(31)14-35-21-16-3-2-4-18(16)30(22(32)28-21)8-7-29-9-11-34-12-10-29/h5-6,13H,2-4,7-12,14H2,1H3,(H,27,31). The molecular weight excluding hydrogens is 485 g/mol. The molecule has 1 fully saturated rings. The number of alkyl halides is 3. The van der Waals surface area contributed by atoms with Crippen LogP contribution in [0.2, 0.25) is 0 Å². The molecule has 2 heterocycles. The summed E-state index contributed by atoms with van der Waals surface area (Å²) in [5, 5.41) is 2.99. The number of fused-ring (bicyclic) bond motifs is 1. The predicted octanol–water partition coefficient (Wildman–Crippen LogP) is 2.82. The number of amides is 1. The van der Waals surface area contributed by atoms with Gasteiger partial charge in [0.25, 0.3) is 0 Å². The molecule has 4 rings (SSSR count). The summed E-state index contributed by atoms with van der Waals surface area (Å²) in [6.45, 7) is 4.35. The number of carbonyl (C=O) groups is 1. The highest BCUT2D eigenvalue weighted by molar-refractivity contribution is 8.00. The minimum absolute atomic E-state index is 0.0651. The Hall–Kier alpha value is -2.57. The number of hydrogen-bond donors (Lipinski definition) is 1. The van der Waals surface area contributed by atoms with Gasteiger partial charge in [-0.05, 0) is 37.5 Å². The molecule has 8 nitrogen and oxygen atoms in total. The van der Waals surface area contributed by atoms with Crippen molar-refractivity contribution in [2.75, 3.05) is 51.0 Å². The van der Waals surface area contributed by atoms with E-state index in [1.807, 2.05) is 0 Å². The number of nitrogens with zero attached hydrogens (tertiary/aromatic N) is 3. The number of carbonyl (C=O) groups excluding carboxylic acids is 1. The van der Waals surface area contributed by atoms with Crippen molar-refractivity contribution in [3.8, 4) is 5.75 Å². The third-order valence-corrected chi connectivity index (χ3v) is 7.10. The van der Waals surface area contributed by atoms with Gasteiger partial charge in [-0.1, -0.05) is 11.8 Å². The predicted molar refractivity (Wildman–Crippen MR) is 125 cm³/mol. The lowest BCUT2D eigenvalue weighted by Crippen LogP contribution is -2.40. The van der Waals surface area contributed by atoms with Crippen LogP contribution in [-0.2, 0) is 35.1 Å². The van der Waals surface area contributed by atoms with Gasteiger partial charge in [-0.2, -0.15) is 18.2 Å². The van der Waals surface area contributed by atoms with Crippen molar-refractivity contribution < 1.29 is 27.4 Å². The summed E-state index contributed by atoms with van der Waals surface area (Å²) >= 11 is 1.12. The summed E-state index contributed by atoms with van der Waals surface area (Å²) in [5.41, 5.74) is 0.633. The molecule has 0 atom stereocenters. The number of benzene rings is 1. The summed E-state index contributed by atoms with van der Waals surface area (Å²) in [7, 11) is 1.31. The van der Waals surface area contributed by atoms with E-state index in [-0.39, 0.29) is 22.9 Å². The molecule has 0 saturated carbocycles. The number of anilines is 1. The Bertz CT molecular complexity index is 1130. The molecule has 0 unspecified atom stereocenters. The maximum absolute atomic E-state index is 13.1. The summed E-state index contributed by atoms with van der Waals surface area (Å²) in [6, 6.07) is 2.90. The highest BCUT2D eigenvalue weighted by atomic mass is 32.2. The van der Waals surface area contributed by atoms with E-state index in [1.165, 1.54) is 7.11 Å². The van der Waals surface area contributed by atoms with Gasteiger partial charge in [-0.25, -0.2) is 4.79 Å². The number of morpholine rings is 1. The molecule has 12 heteroatoms. The van der Waals surface area contributed by atoms with Crippen LogP contribution in [0.5, 0.6) is 5.75 Å². The molecule has 1 amide bonds. The Morgan fingerprint density at radius 1 is 1.23 bits per heavy atom. The topological polar surface area (TPSA) is 85.7 Å². The normalized spacial score (nSPS) is 16.2. The molecule has 1 N–H and O–H groups in total. The molecule has 35 heavy (non-hydrogen) atoms. The Balaban J connectivity index is 1.44. The van der Waals surface area contributed by atoms with E-state index in [2.05, 4.69) is 15.2 Å². The van der Waals surface area contributed by atoms with E-state index in [1.54, 1.807) is 4.57 Å². The number of ether oxygens (including phenoxy) is 2. The molecule has 2 aliphatic rings. The Morgan fingerprint density at radius 3 is 2.71 bits per heavy atom. The number of hydrogen-bond acceptors (Lipinski definition) is 7. The summed E-state index contributed by atoms with van der Waals surface area (Å²) in [4.78, 5) is 31.8. The van der Waals surface area contributed by atoms with Gasteiger partial charge in [0.05, 0.1) is 37.3 Å². The van der Waals surface area contributed by atoms with Crippen molar-refractivity contribution in [2.24, 2.45) is 0 Å². The van der Waals surface area contributed by atoms with Gasteiger partial charge >= 0.3 is 11.9 Å². The lowest BCUT2D eigenvalue weighted by atomic mass is 10.2. The first-order valence-corrected chi connectivity index (χ1v) is 12.4. The van der Waals surface area contributed by atoms with E-state index in [0.717, 1.165) is 80.1 Å². The number of rotatable bonds is 8. The molecule has 1 aromatic heterocycles. The van der Waals surface area contributed by atoms with Crippen LogP contribution < -0.4 is 15.7 Å². The molecule has 0 radical (unpaired) electrons. The number of aromatic nitrogens is 2. The van der Waals surface area contributed by atoms with Crippen molar-refractivity contribution in [2.45, 2.75) is 37.0 Å². The average Bonchev–Trinajstić information content (AvgIpc) is 3.32. The third kappa shape index (κ3) is 6.17. The molecule has 190 valence electrons. The fourth-order valence-electron chi connectivity index (χ4n) is 4.30. The second kappa shape index (κ2) is 11.0. The van der Waals surface area contributed by atoms with Gasteiger partial charge in [0.2, 0.25) is 5.91 Å². The minimum Gasteiger partial charge on any atom is -0.495 e. The second-order valence-electron chi connectivity index (χ2n) is 8.33. The Labute approximate surface area is 204 Å². The average molecular weight is 513 g/mol. The van der Waals surface area contributed by atoms with Crippen molar-refractivity contribution >= 4 is 23.4 Å². The van der Waals surface area contributed by atoms with Crippen LogP contribution in [0, 0.1) is 0 Å². The van der Waals surface area contributed by atoms with Gasteiger partial charge in [0.1, 0.15) is 10.8 Å². The maximum Gasteiger partial charge on any atom is 0.416 e. The van der Waals surface area contributed by atoms with E-state index in [0.29, 0.717) is 24.8 Å². The molecule has 1 aliphatic carbocycles. The summed E-state index contributed by atoms with van der Waals surface area (Å²) < 4.78 is 51.4. The monoisotopic (exact) mass is 512 g/mol. The molecule has 2 aromatic rings. The fraction of sp³-hybridized carbons (Fsp3) is 0.522. The summed E-state index contributed by atoms with van der Waals surface area (Å²) in [5.74, 6) is -0.494. The Morgan fingerprint density at radius 2 is 2.00 bits per heavy atom. The van der Waals surface area contributed by atoms with Gasteiger partial charge in [0.15, 0.2) is 0 Å². The maximum atomic E-state index is 13.1. The SMILES string of the molecule is COc1ccc(C(F)(F)F)cc1NC(=O)CSc1nc(=O)n(CCN2CCOCC2)c2c1CCC2. The fourth-order valence-corrected chi connectivity index (χ4v) is 5.18. The van der Waals surface area contributed by atoms with Crippen LogP contribution in [0.1, 0.15) is 23.2 Å². The second-order valence-corrected chi connectivity index (χ2v) is 9.30. The first-order chi connectivity index (χ1) is 16.8. The first-order valence-electron chi connectivity index (χ1n) is 11.4. The minimum atomic E-state index is -4.54. The molecule has 1 aromatic carbocycles. The number of methoxy groups -OCH3 is 1. The van der Waals surface area contributed by atoms with Crippen LogP contribution in [0.25, 0.3) is 0 Å². The van der Waals surface area contributed by atoms with Crippen molar-refractivity contribution in [3.63, 3.8) is 0 Å². The van der Waals surface area contributed by atoms with Gasteiger partial charge in [-0.3, -0.25) is 14.3 Å². The smallest absolute Gasteiger partial charge is 0.416 e. The van der Waals surface area contributed by atoms with Crippen LogP contribution in [-0.4, -0.2) is 66.1 Å². The van der Waals surface area contributed by atoms with Crippen molar-refractivity contribution in [1.29, 1.82) is 0 Å². The zero-order valence-electron chi connectivity index (χ0n) is 19.3. The van der Waals surface area contributed by atoms with Crippen LogP contribution in [0.3, 0.4) is 0 Å². The molecule has 0 spiro atoms. The molecule has 1 aliphatic heterocycles. The van der Waals surface area contributed by atoms with Crippen LogP contribution in [0.4, 0.5) is 18.9 Å². The highest BCUT2D eigenvalue weighted by Gasteiger charge is 2.31. The largest absolute Gasteiger partial charge is 0.495 e. The third-order valence-electron chi connectivity index (χ3n) is 6.09. The van der Waals surface area contributed by atoms with E-state index in [9.17, 15) is 22.8 Å².